The van der Waals surface area contributed by atoms with E-state index in [0.717, 1.165) is 146 Å². The second kappa shape index (κ2) is 34.7. The van der Waals surface area contributed by atoms with Gasteiger partial charge in [0.15, 0.2) is 5.78 Å². The van der Waals surface area contributed by atoms with Crippen LogP contribution < -0.4 is 5.73 Å². The third-order valence-corrected chi connectivity index (χ3v) is 19.2. The number of nitrogen functional groups attached to an aromatic ring is 1. The molecule has 0 fully saturated rings. The molecule has 0 bridgehead atoms. The number of rotatable bonds is 23. The molecule has 536 valence electrons. The quantitative estimate of drug-likeness (QED) is 0.0389. The molecule has 9 heteroatoms. The van der Waals surface area contributed by atoms with E-state index in [9.17, 15) is 4.79 Å². The van der Waals surface area contributed by atoms with E-state index in [4.69, 9.17) is 40.7 Å². The number of ketones is 1. The number of anilines is 1. The lowest BCUT2D eigenvalue weighted by atomic mass is 9.99. The van der Waals surface area contributed by atoms with Crippen molar-refractivity contribution in [2.24, 2.45) is 34.9 Å². The minimum absolute atomic E-state index is 0.115. The zero-order valence-corrected chi connectivity index (χ0v) is 61.7. The van der Waals surface area contributed by atoms with Gasteiger partial charge in [-0.15, -0.1) is 0 Å². The molecule has 113 heavy (non-hydrogen) atoms. The summed E-state index contributed by atoms with van der Waals surface area (Å²) in [5.74, 6) is -0.115. The minimum atomic E-state index is -0.115. The Morgan fingerprint density at radius 1 is 0.142 bits per heavy atom. The summed E-state index contributed by atoms with van der Waals surface area (Å²) in [5.41, 5.74) is 32.1. The van der Waals surface area contributed by atoms with E-state index in [1.807, 2.05) is 194 Å². The van der Waals surface area contributed by atoms with Gasteiger partial charge in [-0.1, -0.05) is 315 Å². The van der Waals surface area contributed by atoms with Gasteiger partial charge in [-0.2, -0.15) is 0 Å². The number of carbonyl (C=O) groups excluding carboxylic acids is 1. The lowest BCUT2D eigenvalue weighted by Crippen LogP contribution is -2.05. The van der Waals surface area contributed by atoms with Crippen LogP contribution in [-0.4, -0.2) is 45.8 Å². The van der Waals surface area contributed by atoms with Gasteiger partial charge in [-0.3, -0.25) is 4.79 Å². The Morgan fingerprint density at radius 3 is 0.398 bits per heavy atom. The van der Waals surface area contributed by atoms with Crippen LogP contribution in [0.25, 0.3) is 0 Å². The van der Waals surface area contributed by atoms with Gasteiger partial charge in [-0.05, 0) is 121 Å². The normalized spacial score (nSPS) is 10.7. The molecular formula is C104H74N8O. The van der Waals surface area contributed by atoms with Crippen LogP contribution in [0.3, 0.4) is 0 Å². The topological polar surface area (TPSA) is 130 Å². The van der Waals surface area contributed by atoms with E-state index in [0.29, 0.717) is 28.2 Å². The summed E-state index contributed by atoms with van der Waals surface area (Å²) in [5, 5.41) is 0. The number of hydrogen-bond donors (Lipinski definition) is 1. The first-order chi connectivity index (χ1) is 55.8. The molecule has 16 aromatic rings. The summed E-state index contributed by atoms with van der Waals surface area (Å²) in [6.45, 7) is 0. The fourth-order valence-corrected chi connectivity index (χ4v) is 13.4. The highest BCUT2D eigenvalue weighted by atomic mass is 16.1. The highest BCUT2D eigenvalue weighted by molar-refractivity contribution is 6.19. The molecular weight excluding hydrogens is 1380 g/mol. The van der Waals surface area contributed by atoms with Gasteiger partial charge in [0, 0.05) is 94.7 Å². The molecule has 0 spiro atoms. The van der Waals surface area contributed by atoms with Crippen LogP contribution >= 0.6 is 0 Å². The summed E-state index contributed by atoms with van der Waals surface area (Å²) >= 11 is 0. The van der Waals surface area contributed by atoms with Crippen LogP contribution in [0.4, 0.5) is 45.5 Å². The Labute approximate surface area is 658 Å². The first-order valence-electron chi connectivity index (χ1n) is 37.5. The SMILES string of the molecule is Nc1ccc(C(=O)c2ccc(N=C(c3ccc(N=C(c4ccc(N=C(c5ccccc5)c5ccccc5)cc4)c4ccc(N=C(c5ccccc5)c5ccccc5)cc4)cc3)c3ccc(N=C(c4ccc(N=C(c5ccccc5)c5ccccc5)cc4)c4ccc(N=C(c5ccccc5)c5ccccc5)cc4)cc3)cc2)cc1. The standard InChI is InChI=1S/C104H74N8O/c105-89-57-41-87(42-58-89)104(113)88-55-71-96(72-56-88)112-103(85-51-67-94(68-52-85)110-101(81-43-59-90(60-44-81)106-97(73-25-9-1-10-26-73)74-27-11-2-12-28-74)82-45-61-91(62-46-82)107-98(75-29-13-3-14-30-75)76-31-15-4-16-32-76)86-53-69-95(70-54-86)111-102(83-47-63-92(64-48-83)108-99(77-33-17-5-18-34-77)78-35-19-6-20-36-78)84-49-65-93(66-50-84)109-100(79-37-21-7-22-38-79)80-39-23-8-24-40-80/h1-72H,105H2. The van der Waals surface area contributed by atoms with E-state index < -0.39 is 0 Å². The molecule has 0 unspecified atom stereocenters. The number of aliphatic imine (C=N–C) groups is 7. The maximum Gasteiger partial charge on any atom is 0.193 e. The van der Waals surface area contributed by atoms with Gasteiger partial charge < -0.3 is 5.73 Å². The number of carbonyl (C=O) groups is 1. The minimum Gasteiger partial charge on any atom is -0.399 e. The average molecular weight is 1450 g/mol. The summed E-state index contributed by atoms with van der Waals surface area (Å²) in [4.78, 5) is 51.2. The maximum absolute atomic E-state index is 13.8. The van der Waals surface area contributed by atoms with Crippen LogP contribution in [0.2, 0.25) is 0 Å². The third-order valence-electron chi connectivity index (χ3n) is 19.2. The second-order valence-electron chi connectivity index (χ2n) is 26.9. The van der Waals surface area contributed by atoms with Crippen molar-refractivity contribution >= 4 is 91.3 Å². The summed E-state index contributed by atoms with van der Waals surface area (Å²) in [7, 11) is 0. The van der Waals surface area contributed by atoms with Crippen molar-refractivity contribution in [1.82, 2.24) is 0 Å². The van der Waals surface area contributed by atoms with E-state index in [1.165, 1.54) is 0 Å². The molecule has 0 aliphatic heterocycles. The van der Waals surface area contributed by atoms with Crippen molar-refractivity contribution < 1.29 is 4.79 Å². The van der Waals surface area contributed by atoms with Crippen molar-refractivity contribution in [3.63, 3.8) is 0 Å². The lowest BCUT2D eigenvalue weighted by Gasteiger charge is -2.12. The molecule has 0 saturated carbocycles. The van der Waals surface area contributed by atoms with Crippen LogP contribution in [-0.2, 0) is 0 Å². The summed E-state index contributed by atoms with van der Waals surface area (Å²) in [6, 6.07) is 146. The molecule has 0 atom stereocenters. The van der Waals surface area contributed by atoms with E-state index >= 15 is 0 Å². The fourth-order valence-electron chi connectivity index (χ4n) is 13.4. The van der Waals surface area contributed by atoms with Gasteiger partial charge in [-0.25, -0.2) is 34.9 Å². The zero-order chi connectivity index (χ0) is 76.3. The van der Waals surface area contributed by atoms with E-state index in [1.54, 1.807) is 24.3 Å². The van der Waals surface area contributed by atoms with Crippen molar-refractivity contribution in [3.05, 3.63) is 526 Å². The van der Waals surface area contributed by atoms with Crippen LogP contribution in [0.5, 0.6) is 0 Å². The van der Waals surface area contributed by atoms with Crippen LogP contribution in [0.1, 0.15) is 93.8 Å². The van der Waals surface area contributed by atoms with Gasteiger partial charge in [0.05, 0.1) is 79.8 Å². The van der Waals surface area contributed by atoms with Crippen LogP contribution in [0.15, 0.2) is 472 Å². The Hall–Kier alpha value is -15.3. The first-order valence-corrected chi connectivity index (χ1v) is 37.5. The number of nitrogens with zero attached hydrogens (tertiary/aromatic N) is 7. The average Bonchev–Trinajstić information content (AvgIpc) is 0.760. The largest absolute Gasteiger partial charge is 0.399 e. The van der Waals surface area contributed by atoms with Gasteiger partial charge in [0.2, 0.25) is 0 Å². The molecule has 0 aromatic heterocycles. The van der Waals surface area contributed by atoms with Crippen molar-refractivity contribution in [3.8, 4) is 0 Å². The fraction of sp³-hybridized carbons (Fsp3) is 0. The van der Waals surface area contributed by atoms with Gasteiger partial charge >= 0.3 is 0 Å². The van der Waals surface area contributed by atoms with Crippen molar-refractivity contribution in [2.75, 3.05) is 5.73 Å². The van der Waals surface area contributed by atoms with Crippen molar-refractivity contribution in [1.29, 1.82) is 0 Å². The van der Waals surface area contributed by atoms with Gasteiger partial charge in [0.1, 0.15) is 0 Å². The maximum atomic E-state index is 13.8. The highest BCUT2D eigenvalue weighted by Gasteiger charge is 2.18. The second-order valence-corrected chi connectivity index (χ2v) is 26.9. The van der Waals surface area contributed by atoms with Gasteiger partial charge in [0.25, 0.3) is 0 Å². The lowest BCUT2D eigenvalue weighted by molar-refractivity contribution is 0.103. The molecule has 16 aromatic carbocycles. The Balaban J connectivity index is 0.776. The Morgan fingerprint density at radius 2 is 0.257 bits per heavy atom. The molecule has 0 saturated heterocycles. The summed E-state index contributed by atoms with van der Waals surface area (Å²) in [6.07, 6.45) is 0. The molecule has 0 amide bonds. The number of benzene rings is 16. The third kappa shape index (κ3) is 17.8. The summed E-state index contributed by atoms with van der Waals surface area (Å²) < 4.78 is 0. The first kappa shape index (κ1) is 71.9. The van der Waals surface area contributed by atoms with E-state index in [2.05, 4.69) is 218 Å². The Kier molecular flexibility index (Phi) is 22.1. The monoisotopic (exact) mass is 1450 g/mol. The zero-order valence-electron chi connectivity index (χ0n) is 61.7. The molecule has 0 aliphatic carbocycles. The van der Waals surface area contributed by atoms with Crippen molar-refractivity contribution in [2.45, 2.75) is 0 Å². The van der Waals surface area contributed by atoms with Crippen LogP contribution in [0, 0.1) is 0 Å². The molecule has 0 radical (unpaired) electrons. The predicted octanol–water partition coefficient (Wildman–Crippen LogP) is 24.7. The molecule has 2 N–H and O–H groups in total. The number of hydrogen-bond acceptors (Lipinski definition) is 9. The van der Waals surface area contributed by atoms with E-state index in [-0.39, 0.29) is 5.78 Å². The molecule has 9 nitrogen and oxygen atoms in total. The smallest absolute Gasteiger partial charge is 0.193 e. The predicted molar refractivity (Wildman–Crippen MR) is 468 cm³/mol. The highest BCUT2D eigenvalue weighted by Crippen LogP contribution is 2.32. The molecule has 0 aliphatic rings. The Bertz CT molecular complexity index is 5370. The number of nitrogens with two attached hydrogens (primary N) is 1. The molecule has 0 heterocycles. The molecule has 16 rings (SSSR count).